The van der Waals surface area contributed by atoms with Crippen molar-refractivity contribution in [2.75, 3.05) is 40.9 Å². The van der Waals surface area contributed by atoms with E-state index in [-0.39, 0.29) is 13.0 Å². The third-order valence-electron chi connectivity index (χ3n) is 8.39. The number of nitrogens with zero attached hydrogens (tertiary/aromatic N) is 1. The van der Waals surface area contributed by atoms with Crippen LogP contribution in [-0.4, -0.2) is 79.8 Å². The fourth-order valence-corrected chi connectivity index (χ4v) is 5.92. The van der Waals surface area contributed by atoms with Gasteiger partial charge >= 0.3 is 0 Å². The number of quaternary nitrogens is 1. The molecule has 3 N–H and O–H groups in total. The van der Waals surface area contributed by atoms with E-state index in [2.05, 4.69) is 61.7 Å². The van der Waals surface area contributed by atoms with E-state index in [0.717, 1.165) is 51.4 Å². The molecule has 0 aliphatic heterocycles. The molecule has 4 unspecified atom stereocenters. The number of likely N-dealkylation sites (N-methyl/N-ethyl adjacent to an activating group) is 1. The van der Waals surface area contributed by atoms with Crippen LogP contribution in [0.3, 0.4) is 0 Å². The van der Waals surface area contributed by atoms with Gasteiger partial charge in [-0.2, -0.15) is 0 Å². The third-order valence-corrected chi connectivity index (χ3v) is 9.36. The molecule has 0 aromatic carbocycles. The maximum atomic E-state index is 12.8. The van der Waals surface area contributed by atoms with Crippen LogP contribution in [0.25, 0.3) is 0 Å². The molecule has 0 bridgehead atoms. The van der Waals surface area contributed by atoms with Crippen LogP contribution in [0.2, 0.25) is 0 Å². The lowest BCUT2D eigenvalue weighted by Gasteiger charge is -2.31. The molecule has 0 aliphatic carbocycles. The highest BCUT2D eigenvalue weighted by atomic mass is 31.2. The van der Waals surface area contributed by atoms with Crippen LogP contribution in [0, 0.1) is 0 Å². The monoisotopic (exact) mass is 739 g/mol. The van der Waals surface area contributed by atoms with E-state index < -0.39 is 38.6 Å². The number of phosphoric ester groups is 1. The molecule has 0 fully saturated rings. The van der Waals surface area contributed by atoms with Crippen molar-refractivity contribution in [1.29, 1.82) is 0 Å². The number of aliphatic hydroxyl groups excluding tert-OH is 2. The van der Waals surface area contributed by atoms with Gasteiger partial charge < -0.3 is 34.0 Å². The number of hydrogen-bond acceptors (Lipinski definition) is 7. The summed E-state index contributed by atoms with van der Waals surface area (Å²) in [5.41, 5.74) is 0. The van der Waals surface area contributed by atoms with E-state index in [1.165, 1.54) is 51.4 Å². The number of phosphoric acid groups is 1. The Morgan fingerprint density at radius 2 is 1.16 bits per heavy atom. The molecule has 0 rings (SSSR count). The van der Waals surface area contributed by atoms with Gasteiger partial charge in [0, 0.05) is 6.42 Å². The van der Waals surface area contributed by atoms with E-state index in [1.807, 2.05) is 33.3 Å². The maximum Gasteiger partial charge on any atom is 0.268 e. The molecular formula is C41H75N2O7P. The first-order chi connectivity index (χ1) is 24.4. The molecule has 9 nitrogen and oxygen atoms in total. The predicted molar refractivity (Wildman–Crippen MR) is 211 cm³/mol. The van der Waals surface area contributed by atoms with Gasteiger partial charge in [0.25, 0.3) is 7.82 Å². The summed E-state index contributed by atoms with van der Waals surface area (Å²) < 4.78 is 23.0. The van der Waals surface area contributed by atoms with E-state index in [0.29, 0.717) is 23.9 Å². The summed E-state index contributed by atoms with van der Waals surface area (Å²) in [7, 11) is 1.06. The van der Waals surface area contributed by atoms with Crippen LogP contribution in [-0.2, 0) is 18.4 Å². The first-order valence-corrected chi connectivity index (χ1v) is 21.2. The number of allylic oxidation sites excluding steroid dienone is 9. The second-order valence-corrected chi connectivity index (χ2v) is 15.8. The number of carbonyl (C=O) groups excluding carboxylic acids is 1. The van der Waals surface area contributed by atoms with E-state index >= 15 is 0 Å². The zero-order valence-corrected chi connectivity index (χ0v) is 33.8. The fourth-order valence-electron chi connectivity index (χ4n) is 5.20. The number of hydrogen-bond donors (Lipinski definition) is 3. The Bertz CT molecular complexity index is 1040. The molecule has 0 radical (unpaired) electrons. The van der Waals surface area contributed by atoms with Crippen molar-refractivity contribution in [2.45, 2.75) is 154 Å². The van der Waals surface area contributed by atoms with Gasteiger partial charge in [-0.05, 0) is 38.5 Å². The van der Waals surface area contributed by atoms with Crippen LogP contribution in [0.5, 0.6) is 0 Å². The van der Waals surface area contributed by atoms with Crippen molar-refractivity contribution >= 4 is 13.7 Å². The van der Waals surface area contributed by atoms with E-state index in [9.17, 15) is 24.5 Å². The lowest BCUT2D eigenvalue weighted by Crippen LogP contribution is -2.51. The smallest absolute Gasteiger partial charge is 0.268 e. The summed E-state index contributed by atoms with van der Waals surface area (Å²) in [6.07, 6.45) is 37.2. The van der Waals surface area contributed by atoms with Crippen molar-refractivity contribution in [3.05, 3.63) is 60.8 Å². The van der Waals surface area contributed by atoms with Gasteiger partial charge in [-0.25, -0.2) is 0 Å². The Balaban J connectivity index is 4.77. The first-order valence-electron chi connectivity index (χ1n) is 19.7. The lowest BCUT2D eigenvalue weighted by molar-refractivity contribution is -0.870. The van der Waals surface area contributed by atoms with Crippen LogP contribution < -0.4 is 10.2 Å². The van der Waals surface area contributed by atoms with Gasteiger partial charge in [0.05, 0.1) is 39.9 Å². The lowest BCUT2D eigenvalue weighted by atomic mass is 9.99. The standard InChI is InChI=1S/C41H75N2O7P/c1-6-8-10-12-14-16-18-20-21-22-24-26-28-30-32-34-40(45)42-38(37-50-51(47,48)49-36-35-43(3,4)5)41(46)39(44)33-31-29-27-25-23-19-17-15-13-11-9-7-2/h8,10,14,16,20-21,24,26,30,32,38-39,41,44,46H,6-7,9,11-13,15,17-19,22-23,25,27-29,31,33-37H2,1-5H3,(H-,42,45,47,48)/b10-8-,16-14-,21-20-,26-24-,32-30-. The molecule has 0 saturated carbocycles. The summed E-state index contributed by atoms with van der Waals surface area (Å²) >= 11 is 0. The SMILES string of the molecule is CC/C=C\C/C=C\C/C=C\C/C=C\C/C=C\CC(=O)NC(COP(=O)([O-])OCC[N+](C)(C)C)C(O)C(O)CCCCCCCCCCCCCC. The Morgan fingerprint density at radius 3 is 1.63 bits per heavy atom. The number of unbranched alkanes of at least 4 members (excludes halogenated alkanes) is 11. The summed E-state index contributed by atoms with van der Waals surface area (Å²) in [5.74, 6) is -0.409. The highest BCUT2D eigenvalue weighted by Crippen LogP contribution is 2.38. The normalized spacial score (nSPS) is 15.8. The second kappa shape index (κ2) is 32.8. The topological polar surface area (TPSA) is 128 Å². The zero-order chi connectivity index (χ0) is 38.1. The number of aliphatic hydroxyl groups is 2. The second-order valence-electron chi connectivity index (χ2n) is 14.4. The Labute approximate surface area is 312 Å². The molecule has 0 saturated heterocycles. The molecule has 0 heterocycles. The van der Waals surface area contributed by atoms with Gasteiger partial charge in [0.2, 0.25) is 5.91 Å². The molecule has 296 valence electrons. The van der Waals surface area contributed by atoms with Crippen LogP contribution in [0.4, 0.5) is 0 Å². The Kier molecular flexibility index (Phi) is 31.6. The molecule has 0 aliphatic rings. The molecule has 1 amide bonds. The number of nitrogens with one attached hydrogen (secondary N) is 1. The molecule has 51 heavy (non-hydrogen) atoms. The Hall–Kier alpha value is -1.84. The molecule has 4 atom stereocenters. The minimum atomic E-state index is -4.69. The predicted octanol–water partition coefficient (Wildman–Crippen LogP) is 8.63. The van der Waals surface area contributed by atoms with Gasteiger partial charge in [-0.3, -0.25) is 9.36 Å². The highest BCUT2D eigenvalue weighted by Gasteiger charge is 2.29. The van der Waals surface area contributed by atoms with Gasteiger partial charge in [-0.1, -0.05) is 152 Å². The number of rotatable bonds is 34. The maximum absolute atomic E-state index is 12.8. The molecule has 10 heteroatoms. The number of amides is 1. The molecular weight excluding hydrogens is 663 g/mol. The Morgan fingerprint density at radius 1 is 0.706 bits per heavy atom. The fraction of sp³-hybridized carbons (Fsp3) is 0.732. The largest absolute Gasteiger partial charge is 0.756 e. The first kappa shape index (κ1) is 49.2. The van der Waals surface area contributed by atoms with Crippen LogP contribution >= 0.6 is 7.82 Å². The average molecular weight is 739 g/mol. The van der Waals surface area contributed by atoms with Crippen molar-refractivity contribution in [3.63, 3.8) is 0 Å². The minimum absolute atomic E-state index is 0.0423. The van der Waals surface area contributed by atoms with Crippen molar-refractivity contribution in [2.24, 2.45) is 0 Å². The van der Waals surface area contributed by atoms with Gasteiger partial charge in [0.15, 0.2) is 0 Å². The van der Waals surface area contributed by atoms with Crippen LogP contribution in [0.15, 0.2) is 60.8 Å². The summed E-state index contributed by atoms with van der Waals surface area (Å²) in [6.45, 7) is 4.21. The summed E-state index contributed by atoms with van der Waals surface area (Å²) in [4.78, 5) is 25.2. The van der Waals surface area contributed by atoms with E-state index in [4.69, 9.17) is 9.05 Å². The van der Waals surface area contributed by atoms with Crippen molar-refractivity contribution < 1.29 is 38.0 Å². The zero-order valence-electron chi connectivity index (χ0n) is 32.9. The van der Waals surface area contributed by atoms with Gasteiger partial charge in [-0.15, -0.1) is 0 Å². The number of carbonyl (C=O) groups is 1. The summed E-state index contributed by atoms with van der Waals surface area (Å²) in [6, 6.07) is -1.13. The van der Waals surface area contributed by atoms with E-state index in [1.54, 1.807) is 6.08 Å². The molecule has 0 aromatic heterocycles. The van der Waals surface area contributed by atoms with Crippen molar-refractivity contribution in [1.82, 2.24) is 5.32 Å². The molecule has 0 aromatic rings. The average Bonchev–Trinajstić information content (AvgIpc) is 3.07. The van der Waals surface area contributed by atoms with Crippen LogP contribution in [0.1, 0.15) is 136 Å². The molecule has 0 spiro atoms. The highest BCUT2D eigenvalue weighted by molar-refractivity contribution is 7.45. The third kappa shape index (κ3) is 33.7. The summed E-state index contributed by atoms with van der Waals surface area (Å²) in [5, 5.41) is 24.4. The quantitative estimate of drug-likeness (QED) is 0.0261. The van der Waals surface area contributed by atoms with Crippen molar-refractivity contribution in [3.8, 4) is 0 Å². The minimum Gasteiger partial charge on any atom is -0.756 e. The van der Waals surface area contributed by atoms with Gasteiger partial charge in [0.1, 0.15) is 19.3 Å².